The van der Waals surface area contributed by atoms with Crippen LogP contribution in [0.25, 0.3) is 0 Å². The Morgan fingerprint density at radius 1 is 0.947 bits per heavy atom. The quantitative estimate of drug-likeness (QED) is 0.853. The molecule has 100 valence electrons. The molecule has 0 aliphatic rings. The molecule has 0 aromatic heterocycles. The SMILES string of the molecule is NCC(Nc1ccc(Cl)cc1Cl)c1ccc(Cl)cc1. The highest BCUT2D eigenvalue weighted by Gasteiger charge is 2.11. The van der Waals surface area contributed by atoms with Crippen molar-refractivity contribution >= 4 is 40.5 Å². The number of hydrogen-bond donors (Lipinski definition) is 2. The van der Waals surface area contributed by atoms with E-state index in [2.05, 4.69) is 5.32 Å². The average Bonchev–Trinajstić information content (AvgIpc) is 2.39. The van der Waals surface area contributed by atoms with E-state index in [4.69, 9.17) is 40.5 Å². The van der Waals surface area contributed by atoms with Gasteiger partial charge in [-0.15, -0.1) is 0 Å². The van der Waals surface area contributed by atoms with Gasteiger partial charge in [0.05, 0.1) is 16.8 Å². The van der Waals surface area contributed by atoms with Gasteiger partial charge in [-0.25, -0.2) is 0 Å². The molecule has 0 heterocycles. The number of rotatable bonds is 4. The lowest BCUT2D eigenvalue weighted by atomic mass is 10.1. The Labute approximate surface area is 127 Å². The molecule has 0 aliphatic carbocycles. The summed E-state index contributed by atoms with van der Waals surface area (Å²) in [5.41, 5.74) is 7.66. The van der Waals surface area contributed by atoms with Gasteiger partial charge in [-0.1, -0.05) is 46.9 Å². The van der Waals surface area contributed by atoms with E-state index >= 15 is 0 Å². The van der Waals surface area contributed by atoms with E-state index in [0.717, 1.165) is 11.3 Å². The van der Waals surface area contributed by atoms with E-state index in [1.807, 2.05) is 30.3 Å². The summed E-state index contributed by atoms with van der Waals surface area (Å²) >= 11 is 17.9. The van der Waals surface area contributed by atoms with Crippen LogP contribution in [-0.4, -0.2) is 6.54 Å². The lowest BCUT2D eigenvalue weighted by molar-refractivity contribution is 0.790. The summed E-state index contributed by atoms with van der Waals surface area (Å²) in [4.78, 5) is 0. The predicted octanol–water partition coefficient (Wildman–Crippen LogP) is 4.76. The van der Waals surface area contributed by atoms with Crippen LogP contribution in [0.1, 0.15) is 11.6 Å². The summed E-state index contributed by atoms with van der Waals surface area (Å²) in [6, 6.07) is 12.8. The van der Waals surface area contributed by atoms with Crippen LogP contribution in [0.15, 0.2) is 42.5 Å². The molecule has 0 bridgehead atoms. The van der Waals surface area contributed by atoms with Gasteiger partial charge in [0.25, 0.3) is 0 Å². The van der Waals surface area contributed by atoms with Crippen molar-refractivity contribution < 1.29 is 0 Å². The Morgan fingerprint density at radius 2 is 1.58 bits per heavy atom. The Bertz CT molecular complexity index is 555. The standard InChI is InChI=1S/C14H13Cl3N2/c15-10-3-1-9(2-4-10)14(8-18)19-13-6-5-11(16)7-12(13)17/h1-7,14,19H,8,18H2. The van der Waals surface area contributed by atoms with Crippen LogP contribution in [-0.2, 0) is 0 Å². The third kappa shape index (κ3) is 3.77. The van der Waals surface area contributed by atoms with Gasteiger partial charge in [-0.2, -0.15) is 0 Å². The Morgan fingerprint density at radius 3 is 2.16 bits per heavy atom. The molecule has 3 N–H and O–H groups in total. The van der Waals surface area contributed by atoms with E-state index in [-0.39, 0.29) is 6.04 Å². The molecule has 0 amide bonds. The Balaban J connectivity index is 2.21. The maximum absolute atomic E-state index is 6.13. The molecule has 5 heteroatoms. The van der Waals surface area contributed by atoms with Gasteiger partial charge >= 0.3 is 0 Å². The molecule has 1 unspecified atom stereocenters. The molecule has 0 radical (unpaired) electrons. The van der Waals surface area contributed by atoms with Gasteiger partial charge in [-0.3, -0.25) is 0 Å². The van der Waals surface area contributed by atoms with Gasteiger partial charge in [-0.05, 0) is 35.9 Å². The number of nitrogens with two attached hydrogens (primary N) is 1. The van der Waals surface area contributed by atoms with E-state index < -0.39 is 0 Å². The summed E-state index contributed by atoms with van der Waals surface area (Å²) in [5, 5.41) is 5.17. The third-order valence-electron chi connectivity index (χ3n) is 2.77. The first-order chi connectivity index (χ1) is 9.10. The minimum atomic E-state index is -0.0315. The second kappa shape index (κ2) is 6.49. The zero-order valence-corrected chi connectivity index (χ0v) is 12.3. The normalized spacial score (nSPS) is 12.2. The van der Waals surface area contributed by atoms with Crippen LogP contribution < -0.4 is 11.1 Å². The maximum Gasteiger partial charge on any atom is 0.0652 e. The van der Waals surface area contributed by atoms with Crippen molar-refractivity contribution in [3.63, 3.8) is 0 Å². The summed E-state index contributed by atoms with van der Waals surface area (Å²) in [5.74, 6) is 0. The fourth-order valence-corrected chi connectivity index (χ4v) is 2.36. The molecular formula is C14H13Cl3N2. The van der Waals surface area contributed by atoms with Crippen molar-refractivity contribution in [3.05, 3.63) is 63.1 Å². The van der Waals surface area contributed by atoms with Gasteiger partial charge < -0.3 is 11.1 Å². The molecule has 2 nitrogen and oxygen atoms in total. The van der Waals surface area contributed by atoms with E-state index in [1.165, 1.54) is 0 Å². The number of anilines is 1. The first kappa shape index (κ1) is 14.5. The van der Waals surface area contributed by atoms with Crippen molar-refractivity contribution in [2.45, 2.75) is 6.04 Å². The summed E-state index contributed by atoms with van der Waals surface area (Å²) in [6.07, 6.45) is 0. The molecule has 0 aliphatic heterocycles. The van der Waals surface area contributed by atoms with E-state index in [0.29, 0.717) is 21.6 Å². The zero-order chi connectivity index (χ0) is 13.8. The molecule has 2 rings (SSSR count). The van der Waals surface area contributed by atoms with Crippen LogP contribution in [0.5, 0.6) is 0 Å². The van der Waals surface area contributed by atoms with Crippen molar-refractivity contribution in [3.8, 4) is 0 Å². The smallest absolute Gasteiger partial charge is 0.0652 e. The lowest BCUT2D eigenvalue weighted by Crippen LogP contribution is -2.20. The van der Waals surface area contributed by atoms with E-state index in [9.17, 15) is 0 Å². The van der Waals surface area contributed by atoms with Crippen LogP contribution in [0, 0.1) is 0 Å². The fraction of sp³-hybridized carbons (Fsp3) is 0.143. The first-order valence-corrected chi connectivity index (χ1v) is 6.90. The van der Waals surface area contributed by atoms with Crippen LogP contribution >= 0.6 is 34.8 Å². The average molecular weight is 316 g/mol. The molecule has 0 saturated carbocycles. The number of nitrogens with one attached hydrogen (secondary N) is 1. The largest absolute Gasteiger partial charge is 0.376 e. The highest BCUT2D eigenvalue weighted by molar-refractivity contribution is 6.36. The van der Waals surface area contributed by atoms with Crippen LogP contribution in [0.2, 0.25) is 15.1 Å². The van der Waals surface area contributed by atoms with Crippen molar-refractivity contribution in [1.82, 2.24) is 0 Å². The molecule has 0 spiro atoms. The summed E-state index contributed by atoms with van der Waals surface area (Å²) < 4.78 is 0. The van der Waals surface area contributed by atoms with Crippen LogP contribution in [0.3, 0.4) is 0 Å². The van der Waals surface area contributed by atoms with E-state index in [1.54, 1.807) is 12.1 Å². The number of hydrogen-bond acceptors (Lipinski definition) is 2. The monoisotopic (exact) mass is 314 g/mol. The molecule has 19 heavy (non-hydrogen) atoms. The molecule has 0 fully saturated rings. The van der Waals surface area contributed by atoms with Crippen molar-refractivity contribution in [2.24, 2.45) is 5.73 Å². The number of benzene rings is 2. The Kier molecular flexibility index (Phi) is 4.94. The minimum Gasteiger partial charge on any atom is -0.376 e. The van der Waals surface area contributed by atoms with Gasteiger partial charge in [0.15, 0.2) is 0 Å². The topological polar surface area (TPSA) is 38.0 Å². The maximum atomic E-state index is 6.13. The third-order valence-corrected chi connectivity index (χ3v) is 3.57. The predicted molar refractivity (Wildman–Crippen MR) is 83.3 cm³/mol. The molecule has 0 saturated heterocycles. The highest BCUT2D eigenvalue weighted by atomic mass is 35.5. The van der Waals surface area contributed by atoms with Gasteiger partial charge in [0, 0.05) is 16.6 Å². The zero-order valence-electron chi connectivity index (χ0n) is 10.0. The highest BCUT2D eigenvalue weighted by Crippen LogP contribution is 2.28. The lowest BCUT2D eigenvalue weighted by Gasteiger charge is -2.19. The molecule has 2 aromatic carbocycles. The van der Waals surface area contributed by atoms with Crippen molar-refractivity contribution in [1.29, 1.82) is 0 Å². The number of halogens is 3. The van der Waals surface area contributed by atoms with Crippen LogP contribution in [0.4, 0.5) is 5.69 Å². The second-order valence-corrected chi connectivity index (χ2v) is 5.39. The first-order valence-electron chi connectivity index (χ1n) is 5.77. The fourth-order valence-electron chi connectivity index (χ4n) is 1.77. The summed E-state index contributed by atoms with van der Waals surface area (Å²) in [6.45, 7) is 0.445. The second-order valence-electron chi connectivity index (χ2n) is 4.11. The molecule has 2 aromatic rings. The summed E-state index contributed by atoms with van der Waals surface area (Å²) in [7, 11) is 0. The van der Waals surface area contributed by atoms with Gasteiger partial charge in [0.1, 0.15) is 0 Å². The minimum absolute atomic E-state index is 0.0315. The van der Waals surface area contributed by atoms with Crippen molar-refractivity contribution in [2.75, 3.05) is 11.9 Å². The molecular weight excluding hydrogens is 303 g/mol. The van der Waals surface area contributed by atoms with Gasteiger partial charge in [0.2, 0.25) is 0 Å². The Hall–Kier alpha value is -0.930. The molecule has 1 atom stereocenters.